The molecule has 0 heterocycles. The molecule has 90 valence electrons. The van der Waals surface area contributed by atoms with Gasteiger partial charge in [0.05, 0.1) is 5.69 Å². The van der Waals surface area contributed by atoms with Crippen LogP contribution < -0.4 is 5.32 Å². The molecule has 0 aromatic heterocycles. The van der Waals surface area contributed by atoms with Gasteiger partial charge in [-0.2, -0.15) is 0 Å². The molecule has 0 aliphatic rings. The van der Waals surface area contributed by atoms with Crippen LogP contribution in [0.4, 0.5) is 10.1 Å². The van der Waals surface area contributed by atoms with Crippen LogP contribution in [0, 0.1) is 11.7 Å². The minimum Gasteiger partial charge on any atom is -0.381 e. The zero-order valence-electron chi connectivity index (χ0n) is 10.3. The fourth-order valence-electron chi connectivity index (χ4n) is 1.70. The van der Waals surface area contributed by atoms with Crippen molar-refractivity contribution in [2.75, 3.05) is 32.0 Å². The highest BCUT2D eigenvalue weighted by Gasteiger charge is 2.02. The third-order valence-corrected chi connectivity index (χ3v) is 2.36. The summed E-state index contributed by atoms with van der Waals surface area (Å²) in [5.74, 6) is 0.479. The quantitative estimate of drug-likeness (QED) is 0.799. The second-order valence-electron chi connectivity index (χ2n) is 4.56. The molecule has 1 aromatic rings. The summed E-state index contributed by atoms with van der Waals surface area (Å²) in [6.45, 7) is 7.15. The molecule has 0 unspecified atom stereocenters. The SMILES string of the molecule is CC(C)CN(C)CCNc1ccccc1F. The Morgan fingerprint density at radius 2 is 2.00 bits per heavy atom. The first-order valence-corrected chi connectivity index (χ1v) is 5.76. The average molecular weight is 224 g/mol. The van der Waals surface area contributed by atoms with Gasteiger partial charge >= 0.3 is 0 Å². The molecule has 0 saturated heterocycles. The molecule has 16 heavy (non-hydrogen) atoms. The maximum Gasteiger partial charge on any atom is 0.146 e. The summed E-state index contributed by atoms with van der Waals surface area (Å²) in [6, 6.07) is 6.77. The standard InChI is InChI=1S/C13H21FN2/c1-11(2)10-16(3)9-8-15-13-7-5-4-6-12(13)14/h4-7,11,15H,8-10H2,1-3H3. The molecule has 0 bridgehead atoms. The van der Waals surface area contributed by atoms with Crippen molar-refractivity contribution >= 4 is 5.69 Å². The molecule has 0 amide bonds. The topological polar surface area (TPSA) is 15.3 Å². The highest BCUT2D eigenvalue weighted by atomic mass is 19.1. The normalized spacial score (nSPS) is 11.1. The number of para-hydroxylation sites is 1. The van der Waals surface area contributed by atoms with Gasteiger partial charge in [-0.1, -0.05) is 26.0 Å². The van der Waals surface area contributed by atoms with Gasteiger partial charge in [0.25, 0.3) is 0 Å². The Morgan fingerprint density at radius 1 is 1.31 bits per heavy atom. The molecule has 2 nitrogen and oxygen atoms in total. The van der Waals surface area contributed by atoms with Crippen molar-refractivity contribution in [2.24, 2.45) is 5.92 Å². The van der Waals surface area contributed by atoms with Crippen LogP contribution in [0.25, 0.3) is 0 Å². The van der Waals surface area contributed by atoms with Crippen LogP contribution in [-0.2, 0) is 0 Å². The molecule has 3 heteroatoms. The molecular weight excluding hydrogens is 203 g/mol. The van der Waals surface area contributed by atoms with Gasteiger partial charge in [0, 0.05) is 19.6 Å². The smallest absolute Gasteiger partial charge is 0.146 e. The molecule has 0 aliphatic carbocycles. The van der Waals surface area contributed by atoms with E-state index in [0.29, 0.717) is 11.6 Å². The number of likely N-dealkylation sites (N-methyl/N-ethyl adjacent to an activating group) is 1. The lowest BCUT2D eigenvalue weighted by atomic mass is 10.2. The van der Waals surface area contributed by atoms with E-state index in [1.54, 1.807) is 12.1 Å². The molecule has 0 radical (unpaired) electrons. The molecule has 1 aromatic carbocycles. The summed E-state index contributed by atoms with van der Waals surface area (Å²) < 4.78 is 13.2. The van der Waals surface area contributed by atoms with Gasteiger partial charge in [-0.05, 0) is 25.1 Å². The minimum atomic E-state index is -0.186. The molecule has 1 rings (SSSR count). The molecule has 0 spiro atoms. The Balaban J connectivity index is 2.28. The first-order valence-electron chi connectivity index (χ1n) is 5.76. The highest BCUT2D eigenvalue weighted by molar-refractivity contribution is 5.44. The molecule has 0 saturated carbocycles. The highest BCUT2D eigenvalue weighted by Crippen LogP contribution is 2.11. The Bertz CT molecular complexity index is 313. The predicted octanol–water partition coefficient (Wildman–Crippen LogP) is 2.83. The summed E-state index contributed by atoms with van der Waals surface area (Å²) in [5, 5.41) is 3.10. The van der Waals surface area contributed by atoms with E-state index >= 15 is 0 Å². The van der Waals surface area contributed by atoms with Crippen LogP contribution in [0.1, 0.15) is 13.8 Å². The third-order valence-electron chi connectivity index (χ3n) is 2.36. The summed E-state index contributed by atoms with van der Waals surface area (Å²) in [7, 11) is 2.09. The molecule has 1 N–H and O–H groups in total. The van der Waals surface area contributed by atoms with Gasteiger partial charge in [-0.15, -0.1) is 0 Å². The van der Waals surface area contributed by atoms with Crippen LogP contribution >= 0.6 is 0 Å². The second-order valence-corrected chi connectivity index (χ2v) is 4.56. The van der Waals surface area contributed by atoms with E-state index in [2.05, 4.69) is 31.1 Å². The number of hydrogen-bond donors (Lipinski definition) is 1. The van der Waals surface area contributed by atoms with Crippen LogP contribution in [0.15, 0.2) is 24.3 Å². The van der Waals surface area contributed by atoms with E-state index in [9.17, 15) is 4.39 Å². The van der Waals surface area contributed by atoms with Crippen molar-refractivity contribution in [1.82, 2.24) is 4.90 Å². The first kappa shape index (κ1) is 13.0. The van der Waals surface area contributed by atoms with Crippen LogP contribution in [0.3, 0.4) is 0 Å². The van der Waals surface area contributed by atoms with Gasteiger partial charge in [-0.25, -0.2) is 4.39 Å². The largest absolute Gasteiger partial charge is 0.381 e. The average Bonchev–Trinajstić information content (AvgIpc) is 2.19. The fraction of sp³-hybridized carbons (Fsp3) is 0.538. The van der Waals surface area contributed by atoms with E-state index in [1.165, 1.54) is 6.07 Å². The summed E-state index contributed by atoms with van der Waals surface area (Å²) in [5.41, 5.74) is 0.584. The number of anilines is 1. The zero-order valence-corrected chi connectivity index (χ0v) is 10.3. The molecule has 0 fully saturated rings. The summed E-state index contributed by atoms with van der Waals surface area (Å²) >= 11 is 0. The van der Waals surface area contributed by atoms with E-state index in [-0.39, 0.29) is 5.82 Å². The first-order chi connectivity index (χ1) is 7.59. The van der Waals surface area contributed by atoms with Crippen molar-refractivity contribution < 1.29 is 4.39 Å². The third kappa shape index (κ3) is 4.62. The van der Waals surface area contributed by atoms with Gasteiger partial charge in [0.2, 0.25) is 0 Å². The van der Waals surface area contributed by atoms with E-state index < -0.39 is 0 Å². The number of nitrogens with one attached hydrogen (secondary N) is 1. The lowest BCUT2D eigenvalue weighted by Crippen LogP contribution is -2.28. The van der Waals surface area contributed by atoms with Crippen LogP contribution in [0.5, 0.6) is 0 Å². The number of benzene rings is 1. The zero-order chi connectivity index (χ0) is 12.0. The van der Waals surface area contributed by atoms with Gasteiger partial charge in [0.1, 0.15) is 5.82 Å². The Kier molecular flexibility index (Phi) is 5.26. The van der Waals surface area contributed by atoms with E-state index in [4.69, 9.17) is 0 Å². The number of rotatable bonds is 6. The molecule has 0 aliphatic heterocycles. The van der Waals surface area contributed by atoms with Gasteiger partial charge < -0.3 is 10.2 Å². The lowest BCUT2D eigenvalue weighted by Gasteiger charge is -2.19. The van der Waals surface area contributed by atoms with Gasteiger partial charge in [-0.3, -0.25) is 0 Å². The monoisotopic (exact) mass is 224 g/mol. The molecular formula is C13H21FN2. The van der Waals surface area contributed by atoms with Crippen molar-refractivity contribution in [3.8, 4) is 0 Å². The van der Waals surface area contributed by atoms with E-state index in [0.717, 1.165) is 19.6 Å². The number of hydrogen-bond acceptors (Lipinski definition) is 2. The summed E-state index contributed by atoms with van der Waals surface area (Å²) in [6.07, 6.45) is 0. The predicted molar refractivity (Wildman–Crippen MR) is 67.2 cm³/mol. The van der Waals surface area contributed by atoms with Crippen molar-refractivity contribution in [3.05, 3.63) is 30.1 Å². The fourth-order valence-corrected chi connectivity index (χ4v) is 1.70. The van der Waals surface area contributed by atoms with E-state index in [1.807, 2.05) is 6.07 Å². The Hall–Kier alpha value is -1.09. The maximum atomic E-state index is 13.2. The number of halogens is 1. The Labute approximate surface area is 97.5 Å². The second kappa shape index (κ2) is 6.48. The van der Waals surface area contributed by atoms with Crippen LogP contribution in [-0.4, -0.2) is 31.6 Å². The Morgan fingerprint density at radius 3 is 2.62 bits per heavy atom. The van der Waals surface area contributed by atoms with Crippen molar-refractivity contribution in [2.45, 2.75) is 13.8 Å². The van der Waals surface area contributed by atoms with Gasteiger partial charge in [0.15, 0.2) is 0 Å². The lowest BCUT2D eigenvalue weighted by molar-refractivity contribution is 0.306. The number of nitrogens with zero attached hydrogens (tertiary/aromatic N) is 1. The minimum absolute atomic E-state index is 0.186. The van der Waals surface area contributed by atoms with Crippen molar-refractivity contribution in [3.63, 3.8) is 0 Å². The maximum absolute atomic E-state index is 13.2. The van der Waals surface area contributed by atoms with Crippen molar-refractivity contribution in [1.29, 1.82) is 0 Å². The van der Waals surface area contributed by atoms with Crippen LogP contribution in [0.2, 0.25) is 0 Å². The molecule has 0 atom stereocenters. The summed E-state index contributed by atoms with van der Waals surface area (Å²) in [4.78, 5) is 2.25.